The molecule has 5 heteroatoms. The Morgan fingerprint density at radius 2 is 1.63 bits per heavy atom. The first-order valence-electron chi connectivity index (χ1n) is 9.35. The summed E-state index contributed by atoms with van der Waals surface area (Å²) in [5, 5.41) is 3.02. The number of hydrogen-bond acceptors (Lipinski definition) is 3. The van der Waals surface area contributed by atoms with Crippen molar-refractivity contribution in [3.05, 3.63) is 65.7 Å². The summed E-state index contributed by atoms with van der Waals surface area (Å²) in [5.41, 5.74) is 1.97. The molecule has 1 unspecified atom stereocenters. The summed E-state index contributed by atoms with van der Waals surface area (Å²) < 4.78 is 11.6. The van der Waals surface area contributed by atoms with Crippen molar-refractivity contribution in [3.63, 3.8) is 0 Å². The molecule has 0 fully saturated rings. The van der Waals surface area contributed by atoms with E-state index in [-0.39, 0.29) is 17.7 Å². The summed E-state index contributed by atoms with van der Waals surface area (Å²) in [7, 11) is -1.85. The van der Waals surface area contributed by atoms with Gasteiger partial charge in [-0.25, -0.2) is 4.79 Å². The second kappa shape index (κ2) is 8.61. The minimum atomic E-state index is -1.85. The van der Waals surface area contributed by atoms with Crippen molar-refractivity contribution in [3.8, 4) is 5.75 Å². The Kier molecular flexibility index (Phi) is 6.71. The van der Waals surface area contributed by atoms with Crippen LogP contribution in [0, 0.1) is 0 Å². The highest BCUT2D eigenvalue weighted by atomic mass is 28.4. The van der Waals surface area contributed by atoms with Gasteiger partial charge in [0.15, 0.2) is 0 Å². The number of carbonyl (C=O) groups is 1. The molecule has 0 heterocycles. The Balaban J connectivity index is 1.89. The Bertz CT molecular complexity index is 736. The van der Waals surface area contributed by atoms with Crippen LogP contribution < -0.4 is 9.74 Å². The van der Waals surface area contributed by atoms with Crippen LogP contribution in [-0.2, 0) is 11.3 Å². The summed E-state index contributed by atoms with van der Waals surface area (Å²) in [6.07, 6.45) is -0.423. The number of hydrogen-bond donors (Lipinski definition) is 1. The fraction of sp³-hybridized carbons (Fsp3) is 0.409. The normalized spacial score (nSPS) is 13.0. The molecule has 0 radical (unpaired) electrons. The molecule has 146 valence electrons. The predicted octanol–water partition coefficient (Wildman–Crippen LogP) is 6.06. The monoisotopic (exact) mass is 385 g/mol. The van der Waals surface area contributed by atoms with E-state index in [4.69, 9.17) is 9.16 Å². The van der Waals surface area contributed by atoms with Crippen LogP contribution >= 0.6 is 0 Å². The van der Waals surface area contributed by atoms with Crippen molar-refractivity contribution >= 4 is 14.4 Å². The molecule has 2 aromatic rings. The van der Waals surface area contributed by atoms with E-state index in [1.807, 2.05) is 61.5 Å². The van der Waals surface area contributed by atoms with Crippen LogP contribution in [-0.4, -0.2) is 14.4 Å². The van der Waals surface area contributed by atoms with E-state index in [1.165, 1.54) is 0 Å². The molecule has 2 rings (SSSR count). The lowest BCUT2D eigenvalue weighted by Gasteiger charge is -2.36. The van der Waals surface area contributed by atoms with Crippen molar-refractivity contribution < 1.29 is 14.0 Å². The zero-order valence-electron chi connectivity index (χ0n) is 17.2. The zero-order valence-corrected chi connectivity index (χ0v) is 18.2. The molecule has 0 saturated carbocycles. The van der Waals surface area contributed by atoms with E-state index in [1.54, 1.807) is 0 Å². The lowest BCUT2D eigenvalue weighted by Crippen LogP contribution is -2.43. The van der Waals surface area contributed by atoms with E-state index in [9.17, 15) is 4.79 Å². The fourth-order valence-corrected chi connectivity index (χ4v) is 3.33. The van der Waals surface area contributed by atoms with Crippen LogP contribution in [0.5, 0.6) is 5.75 Å². The standard InChI is InChI=1S/C22H31NO3Si/c1-17(23-21(24)25-16-18-10-8-7-9-11-18)19-12-14-20(15-13-19)26-27(5,6)22(2,3)4/h7-15,17H,16H2,1-6H3,(H,23,24). The quantitative estimate of drug-likeness (QED) is 0.615. The van der Waals surface area contributed by atoms with Crippen LogP contribution in [0.15, 0.2) is 54.6 Å². The number of rotatable bonds is 6. The number of benzene rings is 2. The summed E-state index contributed by atoms with van der Waals surface area (Å²) in [6.45, 7) is 13.3. The molecule has 0 aliphatic heterocycles. The molecular weight excluding hydrogens is 354 g/mol. The topological polar surface area (TPSA) is 47.6 Å². The van der Waals surface area contributed by atoms with E-state index >= 15 is 0 Å². The van der Waals surface area contributed by atoms with Gasteiger partial charge in [0, 0.05) is 0 Å². The van der Waals surface area contributed by atoms with Crippen molar-refractivity contribution in [2.75, 3.05) is 0 Å². The lowest BCUT2D eigenvalue weighted by molar-refractivity contribution is 0.136. The second-order valence-electron chi connectivity index (χ2n) is 8.36. The van der Waals surface area contributed by atoms with Gasteiger partial charge in [0.1, 0.15) is 12.4 Å². The first-order chi connectivity index (χ1) is 12.6. The maximum Gasteiger partial charge on any atom is 0.407 e. The summed E-state index contributed by atoms with van der Waals surface area (Å²) in [6, 6.07) is 17.4. The van der Waals surface area contributed by atoms with Crippen LogP contribution in [0.4, 0.5) is 4.79 Å². The summed E-state index contributed by atoms with van der Waals surface area (Å²) in [5.74, 6) is 0.879. The molecule has 1 amide bonds. The van der Waals surface area contributed by atoms with Gasteiger partial charge < -0.3 is 14.5 Å². The molecular formula is C22H31NO3Si. The maximum atomic E-state index is 12.0. The van der Waals surface area contributed by atoms with Crippen LogP contribution in [0.2, 0.25) is 18.1 Å². The molecule has 1 N–H and O–H groups in total. The molecule has 0 spiro atoms. The average Bonchev–Trinajstić information content (AvgIpc) is 2.60. The van der Waals surface area contributed by atoms with E-state index in [0.717, 1.165) is 16.9 Å². The van der Waals surface area contributed by atoms with Gasteiger partial charge >= 0.3 is 6.09 Å². The molecule has 0 aliphatic rings. The molecule has 4 nitrogen and oxygen atoms in total. The first-order valence-corrected chi connectivity index (χ1v) is 12.3. The van der Waals surface area contributed by atoms with Crippen molar-refractivity contribution in [1.29, 1.82) is 0 Å². The Morgan fingerprint density at radius 1 is 1.04 bits per heavy atom. The third kappa shape index (κ3) is 6.14. The van der Waals surface area contributed by atoms with Gasteiger partial charge in [0.25, 0.3) is 0 Å². The van der Waals surface area contributed by atoms with Crippen molar-refractivity contribution in [2.45, 2.75) is 58.5 Å². The molecule has 0 aromatic heterocycles. The van der Waals surface area contributed by atoms with Gasteiger partial charge in [-0.05, 0) is 48.3 Å². The van der Waals surface area contributed by atoms with Gasteiger partial charge in [-0.3, -0.25) is 0 Å². The van der Waals surface area contributed by atoms with Crippen molar-refractivity contribution in [2.24, 2.45) is 0 Å². The SMILES string of the molecule is CC(NC(=O)OCc1ccccc1)c1ccc(O[Si](C)(C)C(C)(C)C)cc1. The van der Waals surface area contributed by atoms with Gasteiger partial charge in [-0.15, -0.1) is 0 Å². The second-order valence-corrected chi connectivity index (χ2v) is 13.1. The Morgan fingerprint density at radius 3 is 2.19 bits per heavy atom. The van der Waals surface area contributed by atoms with Crippen LogP contribution in [0.3, 0.4) is 0 Å². The molecule has 1 atom stereocenters. The number of alkyl carbamates (subject to hydrolysis) is 1. The third-order valence-electron chi connectivity index (χ3n) is 5.11. The van der Waals surface area contributed by atoms with Crippen LogP contribution in [0.1, 0.15) is 44.9 Å². The molecule has 0 aliphatic carbocycles. The minimum Gasteiger partial charge on any atom is -0.544 e. The van der Waals surface area contributed by atoms with Gasteiger partial charge in [-0.1, -0.05) is 63.2 Å². The highest BCUT2D eigenvalue weighted by Gasteiger charge is 2.38. The summed E-state index contributed by atoms with van der Waals surface area (Å²) in [4.78, 5) is 12.0. The highest BCUT2D eigenvalue weighted by Crippen LogP contribution is 2.37. The number of ether oxygens (including phenoxy) is 1. The Labute approximate surface area is 164 Å². The van der Waals surface area contributed by atoms with E-state index < -0.39 is 14.4 Å². The zero-order chi connectivity index (χ0) is 20.1. The fourth-order valence-electron chi connectivity index (χ4n) is 2.30. The van der Waals surface area contributed by atoms with Gasteiger partial charge in [0.2, 0.25) is 8.32 Å². The van der Waals surface area contributed by atoms with Crippen molar-refractivity contribution in [1.82, 2.24) is 5.32 Å². The molecule has 0 saturated heterocycles. The summed E-state index contributed by atoms with van der Waals surface area (Å²) >= 11 is 0. The van der Waals surface area contributed by atoms with Crippen LogP contribution in [0.25, 0.3) is 0 Å². The number of carbonyl (C=O) groups excluding carboxylic acids is 1. The maximum absolute atomic E-state index is 12.0. The highest BCUT2D eigenvalue weighted by molar-refractivity contribution is 6.74. The molecule has 2 aromatic carbocycles. The largest absolute Gasteiger partial charge is 0.544 e. The average molecular weight is 386 g/mol. The third-order valence-corrected chi connectivity index (χ3v) is 9.46. The van der Waals surface area contributed by atoms with Gasteiger partial charge in [-0.2, -0.15) is 0 Å². The number of nitrogens with one attached hydrogen (secondary N) is 1. The lowest BCUT2D eigenvalue weighted by atomic mass is 10.1. The van der Waals surface area contributed by atoms with Gasteiger partial charge in [0.05, 0.1) is 6.04 Å². The smallest absolute Gasteiger partial charge is 0.407 e. The van der Waals surface area contributed by atoms with E-state index in [2.05, 4.69) is 39.2 Å². The molecule has 0 bridgehead atoms. The molecule has 27 heavy (non-hydrogen) atoms. The minimum absolute atomic E-state index is 0.143. The Hall–Kier alpha value is -2.27. The van der Waals surface area contributed by atoms with E-state index in [0.29, 0.717) is 0 Å². The number of amides is 1. The first kappa shape index (κ1) is 21.0. The predicted molar refractivity (Wildman–Crippen MR) is 112 cm³/mol.